The molecule has 120 valence electrons. The van der Waals surface area contributed by atoms with Crippen molar-refractivity contribution in [3.63, 3.8) is 0 Å². The summed E-state index contributed by atoms with van der Waals surface area (Å²) in [4.78, 5) is 12.0. The van der Waals surface area contributed by atoms with E-state index in [0.29, 0.717) is 0 Å². The molecule has 1 amide bonds. The van der Waals surface area contributed by atoms with Crippen molar-refractivity contribution in [2.75, 3.05) is 7.11 Å². The predicted molar refractivity (Wildman–Crippen MR) is 94.4 cm³/mol. The molecule has 0 spiro atoms. The van der Waals surface area contributed by atoms with Gasteiger partial charge in [-0.3, -0.25) is 4.79 Å². The van der Waals surface area contributed by atoms with Crippen molar-refractivity contribution in [2.24, 2.45) is 0 Å². The Bertz CT molecular complexity index is 650. The van der Waals surface area contributed by atoms with E-state index in [1.165, 1.54) is 5.56 Å². The highest BCUT2D eigenvalue weighted by Crippen LogP contribution is 2.18. The molecule has 3 heteroatoms. The van der Waals surface area contributed by atoms with E-state index in [-0.39, 0.29) is 11.9 Å². The third-order valence-electron chi connectivity index (χ3n) is 3.65. The van der Waals surface area contributed by atoms with E-state index < -0.39 is 0 Å². The number of hydrogen-bond donors (Lipinski definition) is 1. The van der Waals surface area contributed by atoms with Crippen LogP contribution >= 0.6 is 0 Å². The Hall–Kier alpha value is -2.55. The molecule has 0 heterocycles. The number of nitrogens with one attached hydrogen (secondary N) is 1. The Balaban J connectivity index is 1.83. The van der Waals surface area contributed by atoms with E-state index in [0.717, 1.165) is 24.2 Å². The molecule has 0 saturated heterocycles. The summed E-state index contributed by atoms with van der Waals surface area (Å²) in [7, 11) is 1.62. The van der Waals surface area contributed by atoms with Gasteiger partial charge in [0, 0.05) is 17.7 Å². The second-order valence-corrected chi connectivity index (χ2v) is 5.51. The smallest absolute Gasteiger partial charge is 0.244 e. The monoisotopic (exact) mass is 309 g/mol. The zero-order valence-electron chi connectivity index (χ0n) is 13.7. The van der Waals surface area contributed by atoms with Gasteiger partial charge in [-0.1, -0.05) is 48.5 Å². The van der Waals surface area contributed by atoms with Crippen molar-refractivity contribution in [3.05, 3.63) is 71.8 Å². The number of rotatable bonds is 7. The van der Waals surface area contributed by atoms with E-state index in [2.05, 4.69) is 17.4 Å². The number of ether oxygens (including phenoxy) is 1. The molecule has 2 aromatic rings. The minimum atomic E-state index is -0.0866. The lowest BCUT2D eigenvalue weighted by Crippen LogP contribution is -2.31. The molecule has 23 heavy (non-hydrogen) atoms. The number of benzene rings is 2. The Kier molecular flexibility index (Phi) is 6.42. The van der Waals surface area contributed by atoms with Crippen LogP contribution in [0.5, 0.6) is 5.75 Å². The molecule has 0 aliphatic rings. The van der Waals surface area contributed by atoms with Crippen molar-refractivity contribution >= 4 is 12.0 Å². The molecule has 0 unspecified atom stereocenters. The van der Waals surface area contributed by atoms with Crippen molar-refractivity contribution in [2.45, 2.75) is 25.8 Å². The first-order valence-electron chi connectivity index (χ1n) is 7.84. The lowest BCUT2D eigenvalue weighted by atomic mass is 10.1. The molecule has 0 aromatic heterocycles. The quantitative estimate of drug-likeness (QED) is 0.789. The first kappa shape index (κ1) is 16.8. The van der Waals surface area contributed by atoms with Crippen LogP contribution in [0.25, 0.3) is 6.08 Å². The third kappa shape index (κ3) is 5.62. The summed E-state index contributed by atoms with van der Waals surface area (Å²) in [6, 6.07) is 18.0. The summed E-state index contributed by atoms with van der Waals surface area (Å²) < 4.78 is 5.26. The van der Waals surface area contributed by atoms with Gasteiger partial charge >= 0.3 is 0 Å². The average Bonchev–Trinajstić information content (AvgIpc) is 2.59. The Morgan fingerprint density at radius 1 is 1.13 bits per heavy atom. The highest BCUT2D eigenvalue weighted by Gasteiger charge is 2.05. The van der Waals surface area contributed by atoms with Gasteiger partial charge in [0.15, 0.2) is 0 Å². The number of methoxy groups -OCH3 is 1. The maximum absolute atomic E-state index is 12.0. The molecule has 0 saturated carbocycles. The van der Waals surface area contributed by atoms with Gasteiger partial charge in [0.2, 0.25) is 5.91 Å². The fourth-order valence-electron chi connectivity index (χ4n) is 2.36. The van der Waals surface area contributed by atoms with E-state index in [9.17, 15) is 4.79 Å². The Labute approximate surface area is 138 Å². The van der Waals surface area contributed by atoms with E-state index in [4.69, 9.17) is 4.74 Å². The standard InChI is InChI=1S/C20H23NO2/c1-16(12-13-17-8-4-3-5-9-17)21-20(22)15-14-18-10-6-7-11-19(18)23-2/h3-11,14-16H,12-13H2,1-2H3,(H,21,22)/b15-14+/t16-/m0/s1. The summed E-state index contributed by atoms with van der Waals surface area (Å²) in [5.74, 6) is 0.671. The first-order chi connectivity index (χ1) is 11.2. The van der Waals surface area contributed by atoms with Crippen molar-refractivity contribution in [1.82, 2.24) is 5.32 Å². The van der Waals surface area contributed by atoms with E-state index in [1.807, 2.05) is 49.4 Å². The number of aryl methyl sites for hydroxylation is 1. The maximum atomic E-state index is 12.0. The zero-order valence-corrected chi connectivity index (χ0v) is 13.7. The number of amides is 1. The largest absolute Gasteiger partial charge is 0.496 e. The average molecular weight is 309 g/mol. The molecular weight excluding hydrogens is 286 g/mol. The van der Waals surface area contributed by atoms with Crippen LogP contribution in [-0.2, 0) is 11.2 Å². The number of carbonyl (C=O) groups excluding carboxylic acids is 1. The maximum Gasteiger partial charge on any atom is 0.244 e. The molecule has 0 aliphatic carbocycles. The number of hydrogen-bond acceptors (Lipinski definition) is 2. The fourth-order valence-corrected chi connectivity index (χ4v) is 2.36. The molecule has 1 N–H and O–H groups in total. The predicted octanol–water partition coefficient (Wildman–Crippen LogP) is 3.85. The molecule has 3 nitrogen and oxygen atoms in total. The van der Waals surface area contributed by atoms with Gasteiger partial charge in [-0.05, 0) is 37.5 Å². The summed E-state index contributed by atoms with van der Waals surface area (Å²) in [5, 5.41) is 2.99. The molecule has 1 atom stereocenters. The normalized spacial score (nSPS) is 12.1. The van der Waals surface area contributed by atoms with Crippen LogP contribution in [0.1, 0.15) is 24.5 Å². The molecule has 0 fully saturated rings. The summed E-state index contributed by atoms with van der Waals surface area (Å²) in [6.07, 6.45) is 5.20. The minimum Gasteiger partial charge on any atom is -0.496 e. The second-order valence-electron chi connectivity index (χ2n) is 5.51. The van der Waals surface area contributed by atoms with E-state index in [1.54, 1.807) is 19.3 Å². The van der Waals surface area contributed by atoms with Crippen molar-refractivity contribution in [1.29, 1.82) is 0 Å². The summed E-state index contributed by atoms with van der Waals surface area (Å²) in [6.45, 7) is 2.03. The lowest BCUT2D eigenvalue weighted by Gasteiger charge is -2.12. The van der Waals surface area contributed by atoms with Crippen LogP contribution in [0.4, 0.5) is 0 Å². The van der Waals surface area contributed by atoms with Gasteiger partial charge in [0.1, 0.15) is 5.75 Å². The van der Waals surface area contributed by atoms with Crippen LogP contribution in [0.3, 0.4) is 0 Å². The SMILES string of the molecule is COc1ccccc1/C=C/C(=O)N[C@@H](C)CCc1ccccc1. The molecule has 0 aliphatic heterocycles. The van der Waals surface area contributed by atoms with Crippen molar-refractivity contribution in [3.8, 4) is 5.75 Å². The summed E-state index contributed by atoms with van der Waals surface area (Å²) >= 11 is 0. The van der Waals surface area contributed by atoms with Crippen LogP contribution < -0.4 is 10.1 Å². The van der Waals surface area contributed by atoms with Crippen LogP contribution in [0.2, 0.25) is 0 Å². The van der Waals surface area contributed by atoms with Gasteiger partial charge in [-0.15, -0.1) is 0 Å². The van der Waals surface area contributed by atoms with E-state index >= 15 is 0 Å². The number of para-hydroxylation sites is 1. The molecule has 2 aromatic carbocycles. The van der Waals surface area contributed by atoms with Crippen LogP contribution in [0, 0.1) is 0 Å². The van der Waals surface area contributed by atoms with Crippen LogP contribution in [0.15, 0.2) is 60.7 Å². The highest BCUT2D eigenvalue weighted by atomic mass is 16.5. The van der Waals surface area contributed by atoms with Gasteiger partial charge in [-0.25, -0.2) is 0 Å². The zero-order chi connectivity index (χ0) is 16.5. The Morgan fingerprint density at radius 2 is 1.83 bits per heavy atom. The molecule has 0 bridgehead atoms. The highest BCUT2D eigenvalue weighted by molar-refractivity contribution is 5.92. The molecular formula is C20H23NO2. The Morgan fingerprint density at radius 3 is 2.57 bits per heavy atom. The minimum absolute atomic E-state index is 0.0866. The fraction of sp³-hybridized carbons (Fsp3) is 0.250. The molecule has 0 radical (unpaired) electrons. The second kappa shape index (κ2) is 8.79. The molecule has 2 rings (SSSR count). The topological polar surface area (TPSA) is 38.3 Å². The van der Waals surface area contributed by atoms with Gasteiger partial charge in [0.05, 0.1) is 7.11 Å². The first-order valence-corrected chi connectivity index (χ1v) is 7.84. The third-order valence-corrected chi connectivity index (χ3v) is 3.65. The van der Waals surface area contributed by atoms with Crippen molar-refractivity contribution < 1.29 is 9.53 Å². The van der Waals surface area contributed by atoms with Crippen LogP contribution in [-0.4, -0.2) is 19.1 Å². The van der Waals surface area contributed by atoms with Gasteiger partial charge < -0.3 is 10.1 Å². The number of carbonyl (C=O) groups is 1. The lowest BCUT2D eigenvalue weighted by molar-refractivity contribution is -0.117. The summed E-state index contributed by atoms with van der Waals surface area (Å²) in [5.41, 5.74) is 2.18. The van der Waals surface area contributed by atoms with Gasteiger partial charge in [-0.2, -0.15) is 0 Å². The van der Waals surface area contributed by atoms with Gasteiger partial charge in [0.25, 0.3) is 0 Å².